The Morgan fingerprint density at radius 3 is 2.95 bits per heavy atom. The van der Waals surface area contributed by atoms with Gasteiger partial charge in [0.15, 0.2) is 11.6 Å². The molecule has 4 N–H and O–H groups in total. The predicted molar refractivity (Wildman–Crippen MR) is 73.3 cm³/mol. The molecule has 0 saturated heterocycles. The van der Waals surface area contributed by atoms with Gasteiger partial charge in [0.25, 0.3) is 5.91 Å². The van der Waals surface area contributed by atoms with Crippen LogP contribution < -0.4 is 15.8 Å². The van der Waals surface area contributed by atoms with Gasteiger partial charge in [0.2, 0.25) is 0 Å². The molecule has 0 fully saturated rings. The molecular formula is C13H16N4O2. The summed E-state index contributed by atoms with van der Waals surface area (Å²) in [6, 6.07) is 6.82. The summed E-state index contributed by atoms with van der Waals surface area (Å²) >= 11 is 0. The quantitative estimate of drug-likeness (QED) is 0.731. The number of nitrogens with two attached hydrogens (primary N) is 1. The molecule has 1 aromatic heterocycles. The summed E-state index contributed by atoms with van der Waals surface area (Å²) in [7, 11) is 1.48. The molecule has 6 heteroatoms. The molecule has 0 aliphatic heterocycles. The van der Waals surface area contributed by atoms with Crippen LogP contribution in [-0.2, 0) is 6.42 Å². The van der Waals surface area contributed by atoms with Crippen molar-refractivity contribution in [2.24, 2.45) is 0 Å². The number of H-pyrrole nitrogens is 1. The fourth-order valence-corrected chi connectivity index (χ4v) is 1.75. The molecule has 0 unspecified atom stereocenters. The van der Waals surface area contributed by atoms with Crippen molar-refractivity contribution in [3.05, 3.63) is 35.5 Å². The van der Waals surface area contributed by atoms with Gasteiger partial charge < -0.3 is 15.8 Å². The van der Waals surface area contributed by atoms with Crippen molar-refractivity contribution in [1.82, 2.24) is 10.2 Å². The Balaban J connectivity index is 2.22. The molecule has 0 aliphatic rings. The Kier molecular flexibility index (Phi) is 3.70. The van der Waals surface area contributed by atoms with E-state index in [1.165, 1.54) is 7.11 Å². The molecule has 2 aromatic rings. The number of aryl methyl sites for hydroxylation is 1. The van der Waals surface area contributed by atoms with Gasteiger partial charge in [-0.25, -0.2) is 0 Å². The Hall–Kier alpha value is -2.50. The largest absolute Gasteiger partial charge is 0.494 e. The minimum Gasteiger partial charge on any atom is -0.494 e. The Bertz CT molecular complexity index is 592. The number of aromatic amines is 1. The van der Waals surface area contributed by atoms with E-state index < -0.39 is 0 Å². The van der Waals surface area contributed by atoms with Crippen molar-refractivity contribution in [2.45, 2.75) is 13.3 Å². The maximum Gasteiger partial charge on any atom is 0.260 e. The van der Waals surface area contributed by atoms with Gasteiger partial charge in [0, 0.05) is 11.8 Å². The second-order valence-electron chi connectivity index (χ2n) is 4.01. The lowest BCUT2D eigenvalue weighted by atomic mass is 10.1. The number of nitrogens with one attached hydrogen (secondary N) is 2. The van der Waals surface area contributed by atoms with Crippen LogP contribution in [0.5, 0.6) is 5.75 Å². The molecule has 0 saturated carbocycles. The van der Waals surface area contributed by atoms with Crippen LogP contribution in [0.1, 0.15) is 23.0 Å². The summed E-state index contributed by atoms with van der Waals surface area (Å²) in [5.41, 5.74) is 7.52. The highest BCUT2D eigenvalue weighted by atomic mass is 16.5. The minimum absolute atomic E-state index is 0.307. The van der Waals surface area contributed by atoms with E-state index in [1.807, 2.05) is 6.92 Å². The standard InChI is InChI=1S/C13H16N4O2/c1-3-8-7-11(17-16-8)15-13(18)9-5-4-6-10(14)12(9)19-2/h4-7H,3,14H2,1-2H3,(H2,15,16,17,18). The molecule has 0 spiro atoms. The van der Waals surface area contributed by atoms with Crippen molar-refractivity contribution in [2.75, 3.05) is 18.2 Å². The number of rotatable bonds is 4. The first-order valence-electron chi connectivity index (χ1n) is 5.93. The summed E-state index contributed by atoms with van der Waals surface area (Å²) in [5, 5.41) is 9.53. The second-order valence-corrected chi connectivity index (χ2v) is 4.01. The Morgan fingerprint density at radius 2 is 2.32 bits per heavy atom. The molecule has 0 atom stereocenters. The fraction of sp³-hybridized carbons (Fsp3) is 0.231. The molecule has 0 bridgehead atoms. The number of carbonyl (C=O) groups excluding carboxylic acids is 1. The van der Waals surface area contributed by atoms with Crippen molar-refractivity contribution in [1.29, 1.82) is 0 Å². The zero-order chi connectivity index (χ0) is 13.8. The first kappa shape index (κ1) is 12.9. The first-order valence-corrected chi connectivity index (χ1v) is 5.93. The number of methoxy groups -OCH3 is 1. The Morgan fingerprint density at radius 1 is 1.53 bits per heavy atom. The van der Waals surface area contributed by atoms with Crippen LogP contribution >= 0.6 is 0 Å². The molecule has 0 aliphatic carbocycles. The van der Waals surface area contributed by atoms with E-state index in [1.54, 1.807) is 24.3 Å². The lowest BCUT2D eigenvalue weighted by Gasteiger charge is -2.09. The SMILES string of the molecule is CCc1cc(NC(=O)c2cccc(N)c2OC)n[nH]1. The van der Waals surface area contributed by atoms with Crippen molar-refractivity contribution < 1.29 is 9.53 Å². The lowest BCUT2D eigenvalue weighted by Crippen LogP contribution is -2.14. The monoisotopic (exact) mass is 260 g/mol. The summed E-state index contributed by atoms with van der Waals surface area (Å²) < 4.78 is 5.15. The number of benzene rings is 1. The third-order valence-electron chi connectivity index (χ3n) is 2.75. The third-order valence-corrected chi connectivity index (χ3v) is 2.75. The van der Waals surface area contributed by atoms with Crippen LogP contribution in [0.3, 0.4) is 0 Å². The van der Waals surface area contributed by atoms with Crippen molar-refractivity contribution in [3.63, 3.8) is 0 Å². The van der Waals surface area contributed by atoms with Crippen molar-refractivity contribution in [3.8, 4) is 5.75 Å². The highest BCUT2D eigenvalue weighted by Gasteiger charge is 2.15. The van der Waals surface area contributed by atoms with Crippen LogP contribution in [0, 0.1) is 0 Å². The average Bonchev–Trinajstić information content (AvgIpc) is 2.86. The summed E-state index contributed by atoms with van der Waals surface area (Å²) in [5.74, 6) is 0.538. The van der Waals surface area contributed by atoms with E-state index >= 15 is 0 Å². The number of amides is 1. The smallest absolute Gasteiger partial charge is 0.260 e. The van der Waals surface area contributed by atoms with E-state index in [0.29, 0.717) is 22.8 Å². The van der Waals surface area contributed by atoms with E-state index in [0.717, 1.165) is 12.1 Å². The fourth-order valence-electron chi connectivity index (χ4n) is 1.75. The molecule has 19 heavy (non-hydrogen) atoms. The van der Waals surface area contributed by atoms with Crippen LogP contribution in [0.2, 0.25) is 0 Å². The summed E-state index contributed by atoms with van der Waals surface area (Å²) in [4.78, 5) is 12.1. The molecule has 1 amide bonds. The summed E-state index contributed by atoms with van der Waals surface area (Å²) in [6.45, 7) is 2.00. The van der Waals surface area contributed by atoms with Gasteiger partial charge >= 0.3 is 0 Å². The summed E-state index contributed by atoms with van der Waals surface area (Å²) in [6.07, 6.45) is 0.824. The minimum atomic E-state index is -0.307. The normalized spacial score (nSPS) is 10.2. The second kappa shape index (κ2) is 5.43. The van der Waals surface area contributed by atoms with E-state index in [9.17, 15) is 4.79 Å². The first-order chi connectivity index (χ1) is 9.15. The van der Waals surface area contributed by atoms with Crippen LogP contribution in [-0.4, -0.2) is 23.2 Å². The van der Waals surface area contributed by atoms with E-state index in [4.69, 9.17) is 10.5 Å². The van der Waals surface area contributed by atoms with Crippen molar-refractivity contribution >= 4 is 17.4 Å². The van der Waals surface area contributed by atoms with Gasteiger partial charge in [0.1, 0.15) is 0 Å². The number of hydrogen-bond donors (Lipinski definition) is 3. The van der Waals surface area contributed by atoms with E-state index in [-0.39, 0.29) is 5.91 Å². The number of nitrogens with zero attached hydrogens (tertiary/aromatic N) is 1. The highest BCUT2D eigenvalue weighted by molar-refractivity contribution is 6.06. The number of ether oxygens (including phenoxy) is 1. The maximum absolute atomic E-state index is 12.1. The van der Waals surface area contributed by atoms with Crippen LogP contribution in [0.25, 0.3) is 0 Å². The molecule has 1 aromatic carbocycles. The van der Waals surface area contributed by atoms with Gasteiger partial charge in [-0.3, -0.25) is 9.89 Å². The topological polar surface area (TPSA) is 93.0 Å². The number of carbonyl (C=O) groups is 1. The zero-order valence-electron chi connectivity index (χ0n) is 10.9. The van der Waals surface area contributed by atoms with Gasteiger partial charge in [-0.2, -0.15) is 5.10 Å². The predicted octanol–water partition coefficient (Wildman–Crippen LogP) is 1.82. The third kappa shape index (κ3) is 2.67. The maximum atomic E-state index is 12.1. The average molecular weight is 260 g/mol. The number of nitrogen functional groups attached to an aromatic ring is 1. The molecule has 0 radical (unpaired) electrons. The number of para-hydroxylation sites is 1. The van der Waals surface area contributed by atoms with Gasteiger partial charge in [-0.1, -0.05) is 13.0 Å². The van der Waals surface area contributed by atoms with Gasteiger partial charge in [-0.05, 0) is 18.6 Å². The molecular weight excluding hydrogens is 244 g/mol. The van der Waals surface area contributed by atoms with Gasteiger partial charge in [0.05, 0.1) is 18.4 Å². The number of anilines is 2. The molecule has 100 valence electrons. The molecule has 2 rings (SSSR count). The Labute approximate surface area is 111 Å². The number of aromatic nitrogens is 2. The van der Waals surface area contributed by atoms with Crippen LogP contribution in [0.4, 0.5) is 11.5 Å². The molecule has 1 heterocycles. The van der Waals surface area contributed by atoms with Gasteiger partial charge in [-0.15, -0.1) is 0 Å². The lowest BCUT2D eigenvalue weighted by molar-refractivity contribution is 0.102. The number of hydrogen-bond acceptors (Lipinski definition) is 4. The van der Waals surface area contributed by atoms with Crippen LogP contribution in [0.15, 0.2) is 24.3 Å². The zero-order valence-corrected chi connectivity index (χ0v) is 10.9. The van der Waals surface area contributed by atoms with E-state index in [2.05, 4.69) is 15.5 Å². The molecule has 6 nitrogen and oxygen atoms in total. The highest BCUT2D eigenvalue weighted by Crippen LogP contribution is 2.26.